The van der Waals surface area contributed by atoms with E-state index in [-0.39, 0.29) is 0 Å². The van der Waals surface area contributed by atoms with Crippen LogP contribution in [0.5, 0.6) is 0 Å². The van der Waals surface area contributed by atoms with Crippen LogP contribution in [-0.4, -0.2) is 0 Å². The van der Waals surface area contributed by atoms with E-state index in [4.69, 9.17) is 0 Å². The summed E-state index contributed by atoms with van der Waals surface area (Å²) in [5.74, 6) is 0. The highest BCUT2D eigenvalue weighted by atomic mass is 15.5. The molecule has 0 amide bonds. The number of hydrogen-bond acceptors (Lipinski definition) is 2. The van der Waals surface area contributed by atoms with E-state index in [9.17, 15) is 0 Å². The highest BCUT2D eigenvalue weighted by Gasteiger charge is 2.11. The normalized spacial score (nSPS) is 11.1. The fourth-order valence-corrected chi connectivity index (χ4v) is 3.07. The Hall–Kier alpha value is -3.78. The van der Waals surface area contributed by atoms with Gasteiger partial charge in [-0.15, -0.1) is 0 Å². The first-order valence-corrected chi connectivity index (χ1v) is 9.39. The third-order valence-electron chi connectivity index (χ3n) is 4.46. The predicted molar refractivity (Wildman–Crippen MR) is 119 cm³/mol. The highest BCUT2D eigenvalue weighted by Crippen LogP contribution is 2.26. The van der Waals surface area contributed by atoms with Crippen molar-refractivity contribution in [3.05, 3.63) is 132 Å². The topological polar surface area (TPSA) is 15.3 Å². The lowest BCUT2D eigenvalue weighted by molar-refractivity contribution is 0.910. The molecule has 136 valence electrons. The second-order valence-electron chi connectivity index (χ2n) is 6.45. The Balaban J connectivity index is 1.78. The number of nitrogens with zero attached hydrogens (tertiary/aromatic N) is 1. The number of rotatable bonds is 6. The molecule has 2 heteroatoms. The third-order valence-corrected chi connectivity index (χ3v) is 4.46. The van der Waals surface area contributed by atoms with E-state index in [2.05, 4.69) is 114 Å². The fraction of sp³-hybridized carbons (Fsp3) is 0. The monoisotopic (exact) mass is 362 g/mol. The van der Waals surface area contributed by atoms with E-state index in [1.807, 2.05) is 24.3 Å². The molecule has 0 aliphatic heterocycles. The van der Waals surface area contributed by atoms with Gasteiger partial charge in [0, 0.05) is 0 Å². The summed E-state index contributed by atoms with van der Waals surface area (Å²) in [6, 6.07) is 41.5. The smallest absolute Gasteiger partial charge is 0.0630 e. The van der Waals surface area contributed by atoms with Crippen LogP contribution in [0.15, 0.2) is 121 Å². The van der Waals surface area contributed by atoms with Gasteiger partial charge in [-0.3, -0.25) is 10.4 Å². The van der Waals surface area contributed by atoms with E-state index >= 15 is 0 Å². The van der Waals surface area contributed by atoms with Crippen molar-refractivity contribution in [2.75, 3.05) is 5.01 Å². The van der Waals surface area contributed by atoms with Crippen molar-refractivity contribution in [2.45, 2.75) is 0 Å². The van der Waals surface area contributed by atoms with Crippen molar-refractivity contribution in [1.82, 2.24) is 5.43 Å². The van der Waals surface area contributed by atoms with Gasteiger partial charge in [0.15, 0.2) is 0 Å². The summed E-state index contributed by atoms with van der Waals surface area (Å²) in [7, 11) is 0. The highest BCUT2D eigenvalue weighted by molar-refractivity contribution is 5.82. The van der Waals surface area contributed by atoms with Gasteiger partial charge in [0.2, 0.25) is 0 Å². The fourth-order valence-electron chi connectivity index (χ4n) is 3.07. The quantitative estimate of drug-likeness (QED) is 0.310. The van der Waals surface area contributed by atoms with Gasteiger partial charge < -0.3 is 0 Å². The average molecular weight is 362 g/mol. The lowest BCUT2D eigenvalue weighted by Gasteiger charge is -2.28. The summed E-state index contributed by atoms with van der Waals surface area (Å²) in [6.45, 7) is 0. The van der Waals surface area contributed by atoms with Crippen molar-refractivity contribution >= 4 is 23.1 Å². The van der Waals surface area contributed by atoms with Crippen molar-refractivity contribution in [1.29, 1.82) is 0 Å². The number of benzene rings is 4. The molecule has 0 aromatic heterocycles. The Morgan fingerprint density at radius 3 is 1.46 bits per heavy atom. The molecule has 4 aromatic rings. The Bertz CT molecular complexity index is 972. The lowest BCUT2D eigenvalue weighted by Crippen LogP contribution is -2.32. The number of hydrazine groups is 1. The predicted octanol–water partition coefficient (Wildman–Crippen LogP) is 6.53. The molecule has 0 bridgehead atoms. The van der Waals surface area contributed by atoms with Gasteiger partial charge in [0.25, 0.3) is 0 Å². The summed E-state index contributed by atoms with van der Waals surface area (Å²) < 4.78 is 0. The molecule has 0 unspecified atom stereocenters. The van der Waals surface area contributed by atoms with Crippen molar-refractivity contribution in [3.8, 4) is 0 Å². The molecule has 0 aliphatic carbocycles. The molecule has 0 radical (unpaired) electrons. The van der Waals surface area contributed by atoms with Crippen LogP contribution in [0, 0.1) is 0 Å². The van der Waals surface area contributed by atoms with Crippen molar-refractivity contribution in [2.24, 2.45) is 0 Å². The van der Waals surface area contributed by atoms with E-state index in [0.717, 1.165) is 28.2 Å². The summed E-state index contributed by atoms with van der Waals surface area (Å²) >= 11 is 0. The van der Waals surface area contributed by atoms with E-state index in [1.54, 1.807) is 0 Å². The minimum absolute atomic E-state index is 1.03. The zero-order valence-electron chi connectivity index (χ0n) is 15.6. The minimum Gasteiger partial charge on any atom is -0.293 e. The molecule has 4 rings (SSSR count). The molecule has 0 aliphatic rings. The van der Waals surface area contributed by atoms with Crippen LogP contribution in [-0.2, 0) is 0 Å². The molecule has 0 saturated heterocycles. The number of para-hydroxylation sites is 2. The summed E-state index contributed by atoms with van der Waals surface area (Å²) in [6.07, 6.45) is 2.17. The lowest BCUT2D eigenvalue weighted by atomic mass is 10.1. The Morgan fingerprint density at radius 1 is 0.536 bits per heavy atom. The van der Waals surface area contributed by atoms with Crippen LogP contribution in [0.1, 0.15) is 11.1 Å². The van der Waals surface area contributed by atoms with Crippen molar-refractivity contribution < 1.29 is 0 Å². The molecular weight excluding hydrogens is 340 g/mol. The molecule has 0 spiro atoms. The van der Waals surface area contributed by atoms with Gasteiger partial charge in [0.05, 0.1) is 17.1 Å². The number of hydrogen-bond donors (Lipinski definition) is 1. The van der Waals surface area contributed by atoms with Crippen LogP contribution < -0.4 is 10.4 Å². The van der Waals surface area contributed by atoms with E-state index in [0.29, 0.717) is 0 Å². The molecule has 0 heterocycles. The first-order chi connectivity index (χ1) is 13.9. The van der Waals surface area contributed by atoms with E-state index in [1.165, 1.54) is 0 Å². The molecule has 0 fully saturated rings. The third kappa shape index (κ3) is 4.30. The first kappa shape index (κ1) is 17.6. The average Bonchev–Trinajstić information content (AvgIpc) is 2.79. The Kier molecular flexibility index (Phi) is 5.50. The minimum atomic E-state index is 1.03. The first-order valence-electron chi connectivity index (χ1n) is 9.39. The van der Waals surface area contributed by atoms with Crippen LogP contribution >= 0.6 is 0 Å². The van der Waals surface area contributed by atoms with E-state index < -0.39 is 0 Å². The SMILES string of the molecule is C(=C(\NN(c1ccccc1)c1ccccc1)c1ccccc1)/c1ccccc1. The van der Waals surface area contributed by atoms with Crippen LogP contribution in [0.3, 0.4) is 0 Å². The number of nitrogens with one attached hydrogen (secondary N) is 1. The maximum Gasteiger partial charge on any atom is 0.0630 e. The second-order valence-corrected chi connectivity index (χ2v) is 6.45. The standard InChI is InChI=1S/C26H22N2/c1-5-13-22(14-6-1)21-26(23-15-7-2-8-16-23)27-28(24-17-9-3-10-18-24)25-19-11-4-12-20-25/h1-21,27H/b26-21+. The maximum atomic E-state index is 3.65. The molecule has 4 aromatic carbocycles. The van der Waals surface area contributed by atoms with Gasteiger partial charge >= 0.3 is 0 Å². The summed E-state index contributed by atoms with van der Waals surface area (Å²) in [5.41, 5.74) is 9.09. The maximum absolute atomic E-state index is 3.65. The Morgan fingerprint density at radius 2 is 0.964 bits per heavy atom. The second kappa shape index (κ2) is 8.74. The Labute approximate surface area is 166 Å². The molecular formula is C26H22N2. The van der Waals surface area contributed by atoms with Crippen molar-refractivity contribution in [3.63, 3.8) is 0 Å². The van der Waals surface area contributed by atoms with Crippen LogP contribution in [0.25, 0.3) is 11.8 Å². The number of anilines is 2. The van der Waals surface area contributed by atoms with Gasteiger partial charge in [-0.25, -0.2) is 0 Å². The van der Waals surface area contributed by atoms with Gasteiger partial charge in [-0.2, -0.15) is 0 Å². The van der Waals surface area contributed by atoms with Crippen LogP contribution in [0.2, 0.25) is 0 Å². The molecule has 2 nitrogen and oxygen atoms in total. The summed E-state index contributed by atoms with van der Waals surface area (Å²) in [5, 5.41) is 2.11. The molecule has 0 saturated carbocycles. The van der Waals surface area contributed by atoms with Gasteiger partial charge in [-0.1, -0.05) is 97.1 Å². The molecule has 0 atom stereocenters. The molecule has 1 N–H and O–H groups in total. The summed E-state index contributed by atoms with van der Waals surface area (Å²) in [4.78, 5) is 0. The largest absolute Gasteiger partial charge is 0.293 e. The van der Waals surface area contributed by atoms with Gasteiger partial charge in [0.1, 0.15) is 0 Å². The van der Waals surface area contributed by atoms with Crippen LogP contribution in [0.4, 0.5) is 11.4 Å². The zero-order valence-corrected chi connectivity index (χ0v) is 15.6. The van der Waals surface area contributed by atoms with Gasteiger partial charge in [-0.05, 0) is 41.5 Å². The molecule has 28 heavy (non-hydrogen) atoms. The zero-order chi connectivity index (χ0) is 19.0.